The van der Waals surface area contributed by atoms with Crippen molar-refractivity contribution in [3.05, 3.63) is 59.7 Å². The Morgan fingerprint density at radius 1 is 1.00 bits per heavy atom. The Morgan fingerprint density at radius 2 is 1.60 bits per heavy atom. The van der Waals surface area contributed by atoms with Gasteiger partial charge in [-0.2, -0.15) is 0 Å². The van der Waals surface area contributed by atoms with E-state index in [2.05, 4.69) is 22.8 Å². The molecule has 1 aliphatic carbocycles. The third-order valence-corrected chi connectivity index (χ3v) is 5.00. The molecule has 1 atom stereocenters. The molecule has 2 amide bonds. The molecule has 0 saturated carbocycles. The molecule has 158 valence electrons. The lowest BCUT2D eigenvalue weighted by Gasteiger charge is -2.17. The molecule has 2 aromatic carbocycles. The van der Waals surface area contributed by atoms with Crippen LogP contribution in [0, 0.1) is 0 Å². The normalized spacial score (nSPS) is 13.1. The van der Waals surface area contributed by atoms with Gasteiger partial charge in [0.2, 0.25) is 5.91 Å². The Labute approximate surface area is 174 Å². The quantitative estimate of drug-likeness (QED) is 0.581. The Kier molecular flexibility index (Phi) is 7.03. The van der Waals surface area contributed by atoms with Crippen molar-refractivity contribution < 1.29 is 29.0 Å². The van der Waals surface area contributed by atoms with Crippen molar-refractivity contribution in [3.63, 3.8) is 0 Å². The first-order valence-electron chi connectivity index (χ1n) is 9.59. The Hall–Kier alpha value is -3.39. The minimum Gasteiger partial charge on any atom is -0.480 e. The number of carboxylic acid groups (broad SMARTS) is 1. The molecule has 0 saturated heterocycles. The monoisotopic (exact) mass is 412 g/mol. The summed E-state index contributed by atoms with van der Waals surface area (Å²) >= 11 is 0. The summed E-state index contributed by atoms with van der Waals surface area (Å²) in [5, 5.41) is 13.4. The number of amides is 2. The Balaban J connectivity index is 1.51. The maximum atomic E-state index is 12.2. The number of benzene rings is 2. The average molecular weight is 412 g/mol. The number of methoxy groups -OCH3 is 1. The first-order chi connectivity index (χ1) is 14.5. The van der Waals surface area contributed by atoms with Crippen molar-refractivity contribution >= 4 is 18.0 Å². The van der Waals surface area contributed by atoms with Gasteiger partial charge in [0, 0.05) is 19.6 Å². The van der Waals surface area contributed by atoms with Gasteiger partial charge in [-0.05, 0) is 22.3 Å². The number of carbonyl (C=O) groups is 3. The topological polar surface area (TPSA) is 114 Å². The minimum atomic E-state index is -1.13. The number of hydrogen-bond donors (Lipinski definition) is 3. The molecule has 3 rings (SSSR count). The predicted molar refractivity (Wildman–Crippen MR) is 109 cm³/mol. The summed E-state index contributed by atoms with van der Waals surface area (Å²) in [7, 11) is 1.41. The molecule has 1 unspecified atom stereocenters. The lowest BCUT2D eigenvalue weighted by atomic mass is 9.98. The molecule has 0 heterocycles. The van der Waals surface area contributed by atoms with E-state index in [4.69, 9.17) is 14.6 Å². The number of hydrogen-bond acceptors (Lipinski definition) is 5. The minimum absolute atomic E-state index is 0.0387. The lowest BCUT2D eigenvalue weighted by Crippen LogP contribution is -2.38. The second kappa shape index (κ2) is 9.89. The molecule has 3 N–H and O–H groups in total. The van der Waals surface area contributed by atoms with E-state index in [-0.39, 0.29) is 25.5 Å². The van der Waals surface area contributed by atoms with Gasteiger partial charge in [-0.25, -0.2) is 4.79 Å². The summed E-state index contributed by atoms with van der Waals surface area (Å²) in [5.74, 6) is -1.64. The summed E-state index contributed by atoms with van der Waals surface area (Å²) in [6, 6.07) is 16.1. The molecule has 0 fully saturated rings. The van der Waals surface area contributed by atoms with Crippen molar-refractivity contribution in [3.8, 4) is 11.1 Å². The fourth-order valence-corrected chi connectivity index (χ4v) is 3.54. The summed E-state index contributed by atoms with van der Waals surface area (Å²) in [4.78, 5) is 34.4. The van der Waals surface area contributed by atoms with E-state index in [0.717, 1.165) is 22.3 Å². The van der Waals surface area contributed by atoms with Gasteiger partial charge in [0.05, 0.1) is 12.5 Å². The van der Waals surface area contributed by atoms with Gasteiger partial charge in [-0.3, -0.25) is 9.59 Å². The number of alkyl carbamates (subject to hydrolysis) is 1. The van der Waals surface area contributed by atoms with Crippen LogP contribution in [-0.4, -0.2) is 56.0 Å². The fraction of sp³-hybridized carbons (Fsp3) is 0.318. The first-order valence-corrected chi connectivity index (χ1v) is 9.59. The predicted octanol–water partition coefficient (Wildman–Crippen LogP) is 2.13. The average Bonchev–Trinajstić information content (AvgIpc) is 3.07. The van der Waals surface area contributed by atoms with Crippen LogP contribution in [0.3, 0.4) is 0 Å². The van der Waals surface area contributed by atoms with Crippen molar-refractivity contribution in [2.45, 2.75) is 18.4 Å². The van der Waals surface area contributed by atoms with E-state index in [1.54, 1.807) is 0 Å². The van der Waals surface area contributed by atoms with Gasteiger partial charge in [0.15, 0.2) is 0 Å². The second-order valence-corrected chi connectivity index (χ2v) is 6.94. The molecule has 8 nitrogen and oxygen atoms in total. The molecule has 1 aliphatic rings. The van der Waals surface area contributed by atoms with Crippen molar-refractivity contribution in [2.75, 3.05) is 26.8 Å². The van der Waals surface area contributed by atoms with Gasteiger partial charge in [0.25, 0.3) is 0 Å². The molecule has 8 heteroatoms. The van der Waals surface area contributed by atoms with E-state index < -0.39 is 30.6 Å². The number of carbonyl (C=O) groups excluding carboxylic acids is 2. The Bertz CT molecular complexity index is 884. The SMILES string of the molecule is COC(CNC(=O)OCC1c2ccccc2-c2ccccc21)CC(=O)NCC(=O)O. The zero-order valence-corrected chi connectivity index (χ0v) is 16.6. The van der Waals surface area contributed by atoms with Gasteiger partial charge in [-0.1, -0.05) is 48.5 Å². The highest BCUT2D eigenvalue weighted by Crippen LogP contribution is 2.44. The van der Waals surface area contributed by atoms with Crippen LogP contribution in [0.15, 0.2) is 48.5 Å². The fourth-order valence-electron chi connectivity index (χ4n) is 3.54. The maximum absolute atomic E-state index is 12.2. The van der Waals surface area contributed by atoms with E-state index in [1.807, 2.05) is 36.4 Å². The third-order valence-electron chi connectivity index (χ3n) is 5.00. The van der Waals surface area contributed by atoms with Crippen LogP contribution in [0.4, 0.5) is 4.79 Å². The number of fused-ring (bicyclic) bond motifs is 3. The Morgan fingerprint density at radius 3 is 2.17 bits per heavy atom. The number of ether oxygens (including phenoxy) is 2. The standard InChI is InChI=1S/C22H24N2O6/c1-29-14(10-20(25)23-12-21(26)27)11-24-22(28)30-13-19-17-8-4-2-6-15(17)16-7-3-5-9-18(16)19/h2-9,14,19H,10-13H2,1H3,(H,23,25)(H,24,28)(H,26,27). The largest absolute Gasteiger partial charge is 0.480 e. The van der Waals surface area contributed by atoms with Crippen molar-refractivity contribution in [1.29, 1.82) is 0 Å². The first kappa shape index (κ1) is 21.3. The summed E-state index contributed by atoms with van der Waals surface area (Å²) < 4.78 is 10.6. The van der Waals surface area contributed by atoms with Crippen LogP contribution in [0.25, 0.3) is 11.1 Å². The summed E-state index contributed by atoms with van der Waals surface area (Å²) in [6.45, 7) is -0.209. The number of aliphatic carboxylic acids is 1. The van der Waals surface area contributed by atoms with E-state index >= 15 is 0 Å². The summed E-state index contributed by atoms with van der Waals surface area (Å²) in [5.41, 5.74) is 4.54. The molecular formula is C22H24N2O6. The van der Waals surface area contributed by atoms with Crippen LogP contribution < -0.4 is 10.6 Å². The maximum Gasteiger partial charge on any atom is 0.407 e. The molecule has 0 spiro atoms. The van der Waals surface area contributed by atoms with Gasteiger partial charge in [0.1, 0.15) is 13.2 Å². The van der Waals surface area contributed by atoms with Crippen molar-refractivity contribution in [1.82, 2.24) is 10.6 Å². The summed E-state index contributed by atoms with van der Waals surface area (Å²) in [6.07, 6.45) is -1.28. The zero-order valence-electron chi connectivity index (χ0n) is 16.6. The van der Waals surface area contributed by atoms with Gasteiger partial charge < -0.3 is 25.2 Å². The van der Waals surface area contributed by atoms with Crippen LogP contribution in [0.1, 0.15) is 23.5 Å². The van der Waals surface area contributed by atoms with E-state index in [9.17, 15) is 14.4 Å². The molecule has 0 aromatic heterocycles. The van der Waals surface area contributed by atoms with Crippen LogP contribution in [0.5, 0.6) is 0 Å². The highest BCUT2D eigenvalue weighted by atomic mass is 16.5. The molecular weight excluding hydrogens is 388 g/mol. The van der Waals surface area contributed by atoms with Gasteiger partial charge >= 0.3 is 12.1 Å². The third kappa shape index (κ3) is 5.15. The van der Waals surface area contributed by atoms with E-state index in [1.165, 1.54) is 7.11 Å². The van der Waals surface area contributed by atoms with E-state index in [0.29, 0.717) is 0 Å². The van der Waals surface area contributed by atoms with Crippen molar-refractivity contribution in [2.24, 2.45) is 0 Å². The number of carboxylic acids is 1. The number of rotatable bonds is 9. The van der Waals surface area contributed by atoms with Crippen LogP contribution in [-0.2, 0) is 19.1 Å². The van der Waals surface area contributed by atoms with Crippen LogP contribution in [0.2, 0.25) is 0 Å². The molecule has 30 heavy (non-hydrogen) atoms. The molecule has 0 bridgehead atoms. The second-order valence-electron chi connectivity index (χ2n) is 6.94. The molecule has 0 aliphatic heterocycles. The smallest absolute Gasteiger partial charge is 0.407 e. The molecule has 2 aromatic rings. The highest BCUT2D eigenvalue weighted by Gasteiger charge is 2.29. The number of nitrogens with one attached hydrogen (secondary N) is 2. The highest BCUT2D eigenvalue weighted by molar-refractivity contribution is 5.81. The van der Waals surface area contributed by atoms with Crippen LogP contribution >= 0.6 is 0 Å². The lowest BCUT2D eigenvalue weighted by molar-refractivity contribution is -0.138. The molecule has 0 radical (unpaired) electrons. The van der Waals surface area contributed by atoms with Gasteiger partial charge in [-0.15, -0.1) is 0 Å². The zero-order chi connectivity index (χ0) is 21.5.